The summed E-state index contributed by atoms with van der Waals surface area (Å²) in [5.74, 6) is 1.93. The Morgan fingerprint density at radius 3 is 2.67 bits per heavy atom. The van der Waals surface area contributed by atoms with E-state index in [1.807, 2.05) is 0 Å². The second kappa shape index (κ2) is 5.47. The normalized spacial score (nSPS) is 28.1. The first-order valence-electron chi connectivity index (χ1n) is 8.72. The number of fused-ring (bicyclic) bond motifs is 2. The molecule has 3 aliphatic rings. The van der Waals surface area contributed by atoms with Gasteiger partial charge in [-0.05, 0) is 67.2 Å². The number of hydrogen-bond donors (Lipinski definition) is 0. The first-order valence-corrected chi connectivity index (χ1v) is 8.72. The Hall–Kier alpha value is -1.31. The molecule has 1 heterocycles. The van der Waals surface area contributed by atoms with Crippen LogP contribution >= 0.6 is 0 Å². The van der Waals surface area contributed by atoms with Crippen LogP contribution in [0.1, 0.15) is 60.0 Å². The largest absolute Gasteiger partial charge is 0.338 e. The molecule has 21 heavy (non-hydrogen) atoms. The SMILES string of the molecule is O=C(c1ccc2c(c1)CCC2)N1CC[C@@H]2CCCC[C@@H]2C1. The van der Waals surface area contributed by atoms with E-state index >= 15 is 0 Å². The van der Waals surface area contributed by atoms with Crippen molar-refractivity contribution >= 4 is 5.91 Å². The summed E-state index contributed by atoms with van der Waals surface area (Å²) in [5.41, 5.74) is 3.79. The summed E-state index contributed by atoms with van der Waals surface area (Å²) in [5, 5.41) is 0. The summed E-state index contributed by atoms with van der Waals surface area (Å²) >= 11 is 0. The molecule has 1 aromatic rings. The summed E-state index contributed by atoms with van der Waals surface area (Å²) in [6.45, 7) is 1.97. The van der Waals surface area contributed by atoms with Crippen LogP contribution in [-0.4, -0.2) is 23.9 Å². The van der Waals surface area contributed by atoms with Crippen LogP contribution in [0.15, 0.2) is 18.2 Å². The van der Waals surface area contributed by atoms with Crippen molar-refractivity contribution in [3.63, 3.8) is 0 Å². The Morgan fingerprint density at radius 1 is 0.952 bits per heavy atom. The number of benzene rings is 1. The number of nitrogens with zero attached hydrogens (tertiary/aromatic N) is 1. The molecular formula is C19H25NO. The molecule has 2 atom stereocenters. The molecule has 0 unspecified atom stereocenters. The minimum atomic E-state index is 0.272. The third-order valence-corrected chi connectivity index (χ3v) is 5.92. The standard InChI is InChI=1S/C19H25NO/c21-19(17-9-8-14-6-3-7-16(14)12-17)20-11-10-15-4-1-2-5-18(15)13-20/h8-9,12,15,18H,1-7,10-11,13H2/t15-,18+/m0/s1. The molecule has 1 saturated carbocycles. The molecule has 1 aliphatic heterocycles. The molecule has 0 aromatic heterocycles. The molecule has 2 heteroatoms. The predicted molar refractivity (Wildman–Crippen MR) is 84.4 cm³/mol. The van der Waals surface area contributed by atoms with Crippen LogP contribution in [0.25, 0.3) is 0 Å². The Kier molecular flexibility index (Phi) is 3.48. The third-order valence-electron chi connectivity index (χ3n) is 5.92. The van der Waals surface area contributed by atoms with Crippen LogP contribution in [0.4, 0.5) is 0 Å². The highest BCUT2D eigenvalue weighted by Crippen LogP contribution is 2.36. The van der Waals surface area contributed by atoms with Gasteiger partial charge in [0, 0.05) is 18.7 Å². The smallest absolute Gasteiger partial charge is 0.253 e. The Bertz CT molecular complexity index is 550. The van der Waals surface area contributed by atoms with Gasteiger partial charge in [0.2, 0.25) is 0 Å². The highest BCUT2D eigenvalue weighted by molar-refractivity contribution is 5.94. The number of rotatable bonds is 1. The quantitative estimate of drug-likeness (QED) is 0.767. The van der Waals surface area contributed by atoms with E-state index in [0.717, 1.165) is 36.9 Å². The first kappa shape index (κ1) is 13.4. The Balaban J connectivity index is 1.49. The van der Waals surface area contributed by atoms with Crippen LogP contribution in [0.5, 0.6) is 0 Å². The van der Waals surface area contributed by atoms with E-state index in [4.69, 9.17) is 0 Å². The molecule has 0 spiro atoms. The van der Waals surface area contributed by atoms with Crippen LogP contribution in [-0.2, 0) is 12.8 Å². The molecular weight excluding hydrogens is 258 g/mol. The summed E-state index contributed by atoms with van der Waals surface area (Å²) in [7, 11) is 0. The average Bonchev–Trinajstić information content (AvgIpc) is 3.01. The maximum atomic E-state index is 12.8. The van der Waals surface area contributed by atoms with Gasteiger partial charge in [-0.2, -0.15) is 0 Å². The Labute approximate surface area is 127 Å². The van der Waals surface area contributed by atoms with Crippen molar-refractivity contribution in [1.82, 2.24) is 4.90 Å². The average molecular weight is 283 g/mol. The molecule has 2 fully saturated rings. The van der Waals surface area contributed by atoms with Gasteiger partial charge in [0.05, 0.1) is 0 Å². The molecule has 1 amide bonds. The molecule has 0 bridgehead atoms. The van der Waals surface area contributed by atoms with Crippen molar-refractivity contribution in [2.24, 2.45) is 11.8 Å². The number of aryl methyl sites for hydroxylation is 2. The van der Waals surface area contributed by atoms with Crippen molar-refractivity contribution in [3.05, 3.63) is 34.9 Å². The van der Waals surface area contributed by atoms with E-state index in [-0.39, 0.29) is 5.91 Å². The van der Waals surface area contributed by atoms with E-state index in [1.54, 1.807) is 0 Å². The lowest BCUT2D eigenvalue weighted by molar-refractivity contribution is 0.0521. The van der Waals surface area contributed by atoms with Gasteiger partial charge in [0.15, 0.2) is 0 Å². The van der Waals surface area contributed by atoms with E-state index < -0.39 is 0 Å². The number of likely N-dealkylation sites (tertiary alicyclic amines) is 1. The van der Waals surface area contributed by atoms with Crippen molar-refractivity contribution in [2.75, 3.05) is 13.1 Å². The third kappa shape index (κ3) is 2.49. The lowest BCUT2D eigenvalue weighted by Gasteiger charge is -2.41. The maximum absolute atomic E-state index is 12.8. The highest BCUT2D eigenvalue weighted by Gasteiger charge is 2.33. The van der Waals surface area contributed by atoms with Crippen molar-refractivity contribution in [2.45, 2.75) is 51.4 Å². The van der Waals surface area contributed by atoms with Crippen LogP contribution in [0.3, 0.4) is 0 Å². The Morgan fingerprint density at radius 2 is 1.76 bits per heavy atom. The van der Waals surface area contributed by atoms with E-state index in [2.05, 4.69) is 23.1 Å². The monoisotopic (exact) mass is 283 g/mol. The zero-order valence-corrected chi connectivity index (χ0v) is 12.8. The van der Waals surface area contributed by atoms with Crippen molar-refractivity contribution in [1.29, 1.82) is 0 Å². The number of hydrogen-bond acceptors (Lipinski definition) is 1. The van der Waals surface area contributed by atoms with Gasteiger partial charge in [0.1, 0.15) is 0 Å². The van der Waals surface area contributed by atoms with Crippen LogP contribution < -0.4 is 0 Å². The van der Waals surface area contributed by atoms with Gasteiger partial charge in [-0.1, -0.05) is 25.3 Å². The number of piperidine rings is 1. The fourth-order valence-corrected chi connectivity index (χ4v) is 4.67. The van der Waals surface area contributed by atoms with Crippen LogP contribution in [0.2, 0.25) is 0 Å². The summed E-state index contributed by atoms with van der Waals surface area (Å²) < 4.78 is 0. The van der Waals surface area contributed by atoms with E-state index in [1.165, 1.54) is 56.1 Å². The number of carbonyl (C=O) groups excluding carboxylic acids is 1. The molecule has 4 rings (SSSR count). The van der Waals surface area contributed by atoms with Gasteiger partial charge in [-0.3, -0.25) is 4.79 Å². The van der Waals surface area contributed by atoms with Gasteiger partial charge < -0.3 is 4.90 Å². The topological polar surface area (TPSA) is 20.3 Å². The van der Waals surface area contributed by atoms with Crippen LogP contribution in [0, 0.1) is 11.8 Å². The molecule has 112 valence electrons. The van der Waals surface area contributed by atoms with Crippen molar-refractivity contribution in [3.8, 4) is 0 Å². The highest BCUT2D eigenvalue weighted by atomic mass is 16.2. The predicted octanol–water partition coefficient (Wildman–Crippen LogP) is 3.83. The minimum absolute atomic E-state index is 0.272. The number of carbonyl (C=O) groups is 1. The molecule has 1 saturated heterocycles. The first-order chi connectivity index (χ1) is 10.3. The molecule has 0 N–H and O–H groups in total. The maximum Gasteiger partial charge on any atom is 0.253 e. The van der Waals surface area contributed by atoms with Crippen molar-refractivity contribution < 1.29 is 4.79 Å². The lowest BCUT2D eigenvalue weighted by Crippen LogP contribution is -2.44. The molecule has 1 aromatic carbocycles. The lowest BCUT2D eigenvalue weighted by atomic mass is 9.75. The zero-order valence-electron chi connectivity index (χ0n) is 12.8. The van der Waals surface area contributed by atoms with Gasteiger partial charge >= 0.3 is 0 Å². The summed E-state index contributed by atoms with van der Waals surface area (Å²) in [6, 6.07) is 6.40. The minimum Gasteiger partial charge on any atom is -0.338 e. The fraction of sp³-hybridized carbons (Fsp3) is 0.632. The molecule has 2 nitrogen and oxygen atoms in total. The van der Waals surface area contributed by atoms with Gasteiger partial charge in [-0.15, -0.1) is 0 Å². The summed E-state index contributed by atoms with van der Waals surface area (Å²) in [6.07, 6.45) is 10.3. The molecule has 0 radical (unpaired) electrons. The van der Waals surface area contributed by atoms with Gasteiger partial charge in [-0.25, -0.2) is 0 Å². The van der Waals surface area contributed by atoms with E-state index in [0.29, 0.717) is 0 Å². The second-order valence-corrected chi connectivity index (χ2v) is 7.18. The second-order valence-electron chi connectivity index (χ2n) is 7.18. The summed E-state index contributed by atoms with van der Waals surface area (Å²) in [4.78, 5) is 14.9. The van der Waals surface area contributed by atoms with Gasteiger partial charge in [0.25, 0.3) is 5.91 Å². The fourth-order valence-electron chi connectivity index (χ4n) is 4.67. The van der Waals surface area contributed by atoms with E-state index in [9.17, 15) is 4.79 Å². The number of amides is 1. The molecule has 2 aliphatic carbocycles. The zero-order chi connectivity index (χ0) is 14.2.